The van der Waals surface area contributed by atoms with Gasteiger partial charge in [-0.25, -0.2) is 9.59 Å². The molecule has 0 radical (unpaired) electrons. The summed E-state index contributed by atoms with van der Waals surface area (Å²) in [7, 11) is 0. The normalized spacial score (nSPS) is 22.0. The molecule has 0 atom stereocenters. The second-order valence-electron chi connectivity index (χ2n) is 13.2. The van der Waals surface area contributed by atoms with Crippen LogP contribution in [0.25, 0.3) is 11.1 Å². The van der Waals surface area contributed by atoms with E-state index in [1.54, 1.807) is 0 Å². The maximum Gasteiger partial charge on any atom is 0.412 e. The lowest BCUT2D eigenvalue weighted by atomic mass is 9.82. The highest BCUT2D eigenvalue weighted by Crippen LogP contribution is 2.37. The number of hydrogen-bond donors (Lipinski definition) is 3. The van der Waals surface area contributed by atoms with Crippen molar-refractivity contribution in [3.63, 3.8) is 0 Å². The Morgan fingerprint density at radius 2 is 1.64 bits per heavy atom. The summed E-state index contributed by atoms with van der Waals surface area (Å²) in [6.45, 7) is 6.02. The molecule has 2 aromatic carbocycles. The van der Waals surface area contributed by atoms with Crippen molar-refractivity contribution in [1.82, 2.24) is 10.6 Å². The highest BCUT2D eigenvalue weighted by molar-refractivity contribution is 5.93. The summed E-state index contributed by atoms with van der Waals surface area (Å²) in [5.41, 5.74) is 2.87. The van der Waals surface area contributed by atoms with Crippen LogP contribution in [0.4, 0.5) is 15.3 Å². The maximum atomic E-state index is 12.8. The molecule has 4 rings (SSSR count). The second kappa shape index (κ2) is 15.2. The Labute approximate surface area is 260 Å². The van der Waals surface area contributed by atoms with Crippen molar-refractivity contribution in [2.24, 2.45) is 11.8 Å². The lowest BCUT2D eigenvalue weighted by Gasteiger charge is -2.36. The van der Waals surface area contributed by atoms with Crippen LogP contribution in [0.2, 0.25) is 0 Å². The minimum atomic E-state index is -1.00. The molecule has 9 nitrogen and oxygen atoms in total. The SMILES string of the molecule is CC(C)(C)OC(=O)NC1CCC(N(C(=O)O)c2cc(CCCNC(=O)C3CCC(C=O)CC3)ccc2-c2ccccc2)CC1. The number of aryl methyl sites for hydroxylation is 1. The summed E-state index contributed by atoms with van der Waals surface area (Å²) in [5.74, 6) is 0.117. The second-order valence-corrected chi connectivity index (χ2v) is 13.2. The van der Waals surface area contributed by atoms with Crippen molar-refractivity contribution in [2.75, 3.05) is 11.4 Å². The average molecular weight is 606 g/mol. The van der Waals surface area contributed by atoms with Gasteiger partial charge in [-0.2, -0.15) is 0 Å². The first kappa shape index (κ1) is 33.0. The molecule has 0 heterocycles. The van der Waals surface area contributed by atoms with Crippen LogP contribution >= 0.6 is 0 Å². The van der Waals surface area contributed by atoms with Gasteiger partial charge in [-0.15, -0.1) is 0 Å². The number of carbonyl (C=O) groups is 4. The molecule has 0 saturated heterocycles. The summed E-state index contributed by atoms with van der Waals surface area (Å²) in [5, 5.41) is 16.5. The highest BCUT2D eigenvalue weighted by atomic mass is 16.6. The molecule has 2 fully saturated rings. The minimum absolute atomic E-state index is 0.0264. The minimum Gasteiger partial charge on any atom is -0.465 e. The summed E-state index contributed by atoms with van der Waals surface area (Å²) in [6, 6.07) is 15.5. The van der Waals surface area contributed by atoms with E-state index < -0.39 is 17.8 Å². The van der Waals surface area contributed by atoms with E-state index in [4.69, 9.17) is 4.74 Å². The van der Waals surface area contributed by atoms with Crippen LogP contribution in [0, 0.1) is 11.8 Å². The number of hydrogen-bond acceptors (Lipinski definition) is 5. The zero-order chi connectivity index (χ0) is 31.7. The molecule has 3 amide bonds. The molecule has 2 aromatic rings. The monoisotopic (exact) mass is 605 g/mol. The number of nitrogens with one attached hydrogen (secondary N) is 2. The molecule has 9 heteroatoms. The number of anilines is 1. The van der Waals surface area contributed by atoms with Gasteiger partial charge in [0.1, 0.15) is 11.9 Å². The van der Waals surface area contributed by atoms with Crippen molar-refractivity contribution < 1.29 is 29.0 Å². The molecular formula is C35H47N3O6. The first-order chi connectivity index (χ1) is 21.0. The average Bonchev–Trinajstić information content (AvgIpc) is 2.99. The van der Waals surface area contributed by atoms with E-state index >= 15 is 0 Å². The zero-order valence-corrected chi connectivity index (χ0v) is 26.2. The Balaban J connectivity index is 1.42. The van der Waals surface area contributed by atoms with Crippen LogP contribution in [0.3, 0.4) is 0 Å². The van der Waals surface area contributed by atoms with E-state index in [1.165, 1.54) is 4.90 Å². The number of carboxylic acid groups (broad SMARTS) is 1. The summed E-state index contributed by atoms with van der Waals surface area (Å²) >= 11 is 0. The van der Waals surface area contributed by atoms with Gasteiger partial charge >= 0.3 is 12.2 Å². The molecule has 0 aromatic heterocycles. The van der Waals surface area contributed by atoms with Crippen LogP contribution in [-0.2, 0) is 20.7 Å². The molecule has 44 heavy (non-hydrogen) atoms. The molecule has 238 valence electrons. The topological polar surface area (TPSA) is 125 Å². The van der Waals surface area contributed by atoms with Gasteiger partial charge in [0, 0.05) is 36.0 Å². The number of alkyl carbamates (subject to hydrolysis) is 1. The number of aldehydes is 1. The van der Waals surface area contributed by atoms with E-state index in [9.17, 15) is 24.3 Å². The molecule has 2 saturated carbocycles. The first-order valence-corrected chi connectivity index (χ1v) is 16.0. The molecule has 2 aliphatic carbocycles. The van der Waals surface area contributed by atoms with Crippen LogP contribution in [0.1, 0.15) is 84.1 Å². The van der Waals surface area contributed by atoms with Gasteiger partial charge in [-0.3, -0.25) is 9.69 Å². The Hall–Kier alpha value is -3.88. The van der Waals surface area contributed by atoms with Crippen molar-refractivity contribution >= 4 is 30.1 Å². The standard InChI is InChI=1S/C35H47N3O6/c1-35(2,3)44-33(41)37-28-16-18-29(19-17-28)38(34(42)43)31-22-24(13-20-30(31)26-9-5-4-6-10-26)8-7-21-36-32(40)27-14-11-25(23-39)12-15-27/h4-6,9-10,13,20,22-23,25,27-29H,7-8,11-12,14-19,21H2,1-3H3,(H,36,40)(H,37,41)(H,42,43). The van der Waals surface area contributed by atoms with Crippen LogP contribution in [0.5, 0.6) is 0 Å². The summed E-state index contributed by atoms with van der Waals surface area (Å²) in [6.07, 6.45) is 6.59. The lowest BCUT2D eigenvalue weighted by molar-refractivity contribution is -0.127. The number of amides is 3. The van der Waals surface area contributed by atoms with Gasteiger partial charge in [0.2, 0.25) is 5.91 Å². The molecule has 0 unspecified atom stereocenters. The van der Waals surface area contributed by atoms with Crippen molar-refractivity contribution in [3.8, 4) is 11.1 Å². The van der Waals surface area contributed by atoms with Crippen LogP contribution in [-0.4, -0.2) is 53.7 Å². The van der Waals surface area contributed by atoms with Crippen LogP contribution in [0.15, 0.2) is 48.5 Å². The van der Waals surface area contributed by atoms with E-state index in [2.05, 4.69) is 10.6 Å². The summed E-state index contributed by atoms with van der Waals surface area (Å²) in [4.78, 5) is 50.2. The van der Waals surface area contributed by atoms with E-state index in [1.807, 2.05) is 69.3 Å². The molecule has 0 bridgehead atoms. The number of ether oxygens (including phenoxy) is 1. The van der Waals surface area contributed by atoms with Gasteiger partial charge in [-0.05, 0) is 102 Å². The van der Waals surface area contributed by atoms with E-state index in [-0.39, 0.29) is 29.8 Å². The molecule has 0 aliphatic heterocycles. The number of carbonyl (C=O) groups excluding carboxylic acids is 3. The van der Waals surface area contributed by atoms with Gasteiger partial charge < -0.3 is 25.3 Å². The first-order valence-electron chi connectivity index (χ1n) is 16.0. The molecule has 0 spiro atoms. The quantitative estimate of drug-likeness (QED) is 0.204. The number of rotatable bonds is 10. The largest absolute Gasteiger partial charge is 0.465 e. The number of nitrogens with zero attached hydrogens (tertiary/aromatic N) is 1. The smallest absolute Gasteiger partial charge is 0.412 e. The number of benzene rings is 2. The zero-order valence-electron chi connectivity index (χ0n) is 26.2. The van der Waals surface area contributed by atoms with Crippen LogP contribution < -0.4 is 15.5 Å². The Morgan fingerprint density at radius 3 is 2.25 bits per heavy atom. The Kier molecular flexibility index (Phi) is 11.4. The highest BCUT2D eigenvalue weighted by Gasteiger charge is 2.33. The van der Waals surface area contributed by atoms with Crippen molar-refractivity contribution in [2.45, 2.75) is 103 Å². The fourth-order valence-electron chi connectivity index (χ4n) is 6.37. The predicted octanol–water partition coefficient (Wildman–Crippen LogP) is 6.73. The Bertz CT molecular complexity index is 1280. The third kappa shape index (κ3) is 9.31. The Morgan fingerprint density at radius 1 is 0.955 bits per heavy atom. The van der Waals surface area contributed by atoms with Crippen molar-refractivity contribution in [3.05, 3.63) is 54.1 Å². The van der Waals surface area contributed by atoms with Crippen molar-refractivity contribution in [1.29, 1.82) is 0 Å². The van der Waals surface area contributed by atoms with E-state index in [0.717, 1.165) is 55.1 Å². The molecular weight excluding hydrogens is 558 g/mol. The van der Waals surface area contributed by atoms with Gasteiger partial charge in [-0.1, -0.05) is 42.5 Å². The predicted molar refractivity (Wildman–Crippen MR) is 171 cm³/mol. The third-order valence-electron chi connectivity index (χ3n) is 8.67. The summed E-state index contributed by atoms with van der Waals surface area (Å²) < 4.78 is 5.40. The van der Waals surface area contributed by atoms with E-state index in [0.29, 0.717) is 44.3 Å². The van der Waals surface area contributed by atoms with Gasteiger partial charge in [0.05, 0.1) is 5.69 Å². The fraction of sp³-hybridized carbons (Fsp3) is 0.543. The van der Waals surface area contributed by atoms with Gasteiger partial charge in [0.15, 0.2) is 0 Å². The molecule has 3 N–H and O–H groups in total. The third-order valence-corrected chi connectivity index (χ3v) is 8.67. The van der Waals surface area contributed by atoms with Gasteiger partial charge in [0.25, 0.3) is 0 Å². The fourth-order valence-corrected chi connectivity index (χ4v) is 6.37. The lowest BCUT2D eigenvalue weighted by Crippen LogP contribution is -2.47. The molecule has 2 aliphatic rings. The maximum absolute atomic E-state index is 12.8.